The van der Waals surface area contributed by atoms with E-state index < -0.39 is 0 Å². The van der Waals surface area contributed by atoms with E-state index in [-0.39, 0.29) is 12.6 Å². The van der Waals surface area contributed by atoms with Gasteiger partial charge in [0.05, 0.1) is 38.7 Å². The number of morpholine rings is 1. The third kappa shape index (κ3) is 2.75. The number of rotatable bonds is 4. The monoisotopic (exact) mass is 252 g/mol. The summed E-state index contributed by atoms with van der Waals surface area (Å²) in [5.41, 5.74) is 7.43. The summed E-state index contributed by atoms with van der Waals surface area (Å²) < 4.78 is 10.5. The molecule has 0 aliphatic carbocycles. The van der Waals surface area contributed by atoms with Crippen molar-refractivity contribution in [3.63, 3.8) is 0 Å². The summed E-state index contributed by atoms with van der Waals surface area (Å²) in [6.45, 7) is 3.16. The lowest BCUT2D eigenvalue weighted by molar-refractivity contribution is 0.00256. The normalized spacial score (nSPS) is 18.6. The fourth-order valence-electron chi connectivity index (χ4n) is 2.26. The van der Waals surface area contributed by atoms with Crippen LogP contribution in [-0.4, -0.2) is 50.0 Å². The number of nitrogen functional groups attached to an aromatic ring is 1. The molecule has 0 amide bonds. The Morgan fingerprint density at radius 2 is 2.17 bits per heavy atom. The summed E-state index contributed by atoms with van der Waals surface area (Å²) in [4.78, 5) is 2.22. The van der Waals surface area contributed by atoms with E-state index in [2.05, 4.69) is 4.90 Å². The minimum Gasteiger partial charge on any atom is -0.495 e. The molecule has 5 nitrogen and oxygen atoms in total. The van der Waals surface area contributed by atoms with Gasteiger partial charge in [0.15, 0.2) is 0 Å². The Morgan fingerprint density at radius 1 is 1.44 bits per heavy atom. The third-order valence-electron chi connectivity index (χ3n) is 3.30. The Kier molecular flexibility index (Phi) is 4.41. The van der Waals surface area contributed by atoms with E-state index in [1.165, 1.54) is 0 Å². The molecule has 0 bridgehead atoms. The van der Waals surface area contributed by atoms with Crippen LogP contribution >= 0.6 is 0 Å². The summed E-state index contributed by atoms with van der Waals surface area (Å²) in [6.07, 6.45) is 0. The Labute approximate surface area is 107 Å². The molecule has 0 aromatic heterocycles. The van der Waals surface area contributed by atoms with E-state index in [1.807, 2.05) is 18.2 Å². The smallest absolute Gasteiger partial charge is 0.142 e. The van der Waals surface area contributed by atoms with E-state index in [1.54, 1.807) is 7.11 Å². The molecule has 1 aromatic rings. The summed E-state index contributed by atoms with van der Waals surface area (Å²) in [6, 6.07) is 5.63. The number of methoxy groups -OCH3 is 1. The molecule has 0 radical (unpaired) electrons. The van der Waals surface area contributed by atoms with Gasteiger partial charge in [-0.15, -0.1) is 0 Å². The van der Waals surface area contributed by atoms with Crippen LogP contribution in [-0.2, 0) is 4.74 Å². The highest BCUT2D eigenvalue weighted by Gasteiger charge is 2.22. The Morgan fingerprint density at radius 3 is 2.78 bits per heavy atom. The first-order chi connectivity index (χ1) is 8.76. The predicted octanol–water partition coefficient (Wildman–Crippen LogP) is 0.643. The second-order valence-corrected chi connectivity index (χ2v) is 4.35. The standard InChI is InChI=1S/C13H20N2O3/c1-17-13-8-10(2-3-11(13)14)12(9-16)15-4-6-18-7-5-15/h2-3,8,12,16H,4-7,9,14H2,1H3. The highest BCUT2D eigenvalue weighted by atomic mass is 16.5. The van der Waals surface area contributed by atoms with Gasteiger partial charge in [-0.25, -0.2) is 0 Å². The second kappa shape index (κ2) is 6.04. The number of hydrogen-bond donors (Lipinski definition) is 2. The topological polar surface area (TPSA) is 68.0 Å². The van der Waals surface area contributed by atoms with Crippen LogP contribution in [0.15, 0.2) is 18.2 Å². The molecule has 1 aromatic carbocycles. The van der Waals surface area contributed by atoms with Crippen LogP contribution < -0.4 is 10.5 Å². The van der Waals surface area contributed by atoms with Crippen LogP contribution in [0.2, 0.25) is 0 Å². The van der Waals surface area contributed by atoms with Crippen LogP contribution in [0.1, 0.15) is 11.6 Å². The van der Waals surface area contributed by atoms with Crippen molar-refractivity contribution in [3.8, 4) is 5.75 Å². The number of anilines is 1. The van der Waals surface area contributed by atoms with Crippen molar-refractivity contribution < 1.29 is 14.6 Å². The minimum atomic E-state index is -0.0246. The van der Waals surface area contributed by atoms with E-state index >= 15 is 0 Å². The lowest BCUT2D eigenvalue weighted by atomic mass is 10.0. The highest BCUT2D eigenvalue weighted by molar-refractivity contribution is 5.54. The number of ether oxygens (including phenoxy) is 2. The largest absolute Gasteiger partial charge is 0.495 e. The zero-order valence-corrected chi connectivity index (χ0v) is 10.6. The number of hydrogen-bond acceptors (Lipinski definition) is 5. The quantitative estimate of drug-likeness (QED) is 0.770. The Balaban J connectivity index is 2.20. The van der Waals surface area contributed by atoms with Crippen LogP contribution in [0.5, 0.6) is 5.75 Å². The van der Waals surface area contributed by atoms with Gasteiger partial charge in [-0.05, 0) is 17.7 Å². The molecule has 1 aliphatic rings. The maximum atomic E-state index is 9.61. The number of benzene rings is 1. The molecule has 1 unspecified atom stereocenters. The number of aliphatic hydroxyl groups excluding tert-OH is 1. The van der Waals surface area contributed by atoms with E-state index in [4.69, 9.17) is 15.2 Å². The van der Waals surface area contributed by atoms with Gasteiger partial charge in [-0.3, -0.25) is 4.90 Å². The molecule has 1 heterocycles. The molecule has 0 saturated carbocycles. The number of aliphatic hydroxyl groups is 1. The lowest BCUT2D eigenvalue weighted by Gasteiger charge is -2.33. The Bertz CT molecular complexity index is 392. The molecule has 1 atom stereocenters. The van der Waals surface area contributed by atoms with Crippen molar-refractivity contribution in [2.24, 2.45) is 0 Å². The fourth-order valence-corrected chi connectivity index (χ4v) is 2.26. The van der Waals surface area contributed by atoms with E-state index in [0.717, 1.165) is 18.7 Å². The van der Waals surface area contributed by atoms with Crippen LogP contribution in [0, 0.1) is 0 Å². The minimum absolute atomic E-state index is 0.0246. The molecule has 1 saturated heterocycles. The highest BCUT2D eigenvalue weighted by Crippen LogP contribution is 2.28. The van der Waals surface area contributed by atoms with Gasteiger partial charge in [0.25, 0.3) is 0 Å². The summed E-state index contributed by atoms with van der Waals surface area (Å²) in [5.74, 6) is 0.652. The number of nitrogens with two attached hydrogens (primary N) is 1. The van der Waals surface area contributed by atoms with Crippen LogP contribution in [0.25, 0.3) is 0 Å². The molecule has 1 aliphatic heterocycles. The average Bonchev–Trinajstić information content (AvgIpc) is 2.42. The second-order valence-electron chi connectivity index (χ2n) is 4.35. The van der Waals surface area contributed by atoms with Gasteiger partial charge in [0.2, 0.25) is 0 Å². The maximum absolute atomic E-state index is 9.61. The number of nitrogens with zero attached hydrogens (tertiary/aromatic N) is 1. The molecule has 18 heavy (non-hydrogen) atoms. The van der Waals surface area contributed by atoms with Gasteiger partial charge < -0.3 is 20.3 Å². The van der Waals surface area contributed by atoms with Crippen molar-refractivity contribution in [3.05, 3.63) is 23.8 Å². The molecule has 2 rings (SSSR count). The predicted molar refractivity (Wildman–Crippen MR) is 69.6 cm³/mol. The zero-order valence-electron chi connectivity index (χ0n) is 10.6. The first kappa shape index (κ1) is 13.1. The van der Waals surface area contributed by atoms with Crippen LogP contribution in [0.3, 0.4) is 0 Å². The SMILES string of the molecule is COc1cc(C(CO)N2CCOCC2)ccc1N. The van der Waals surface area contributed by atoms with Gasteiger partial charge in [-0.1, -0.05) is 6.07 Å². The first-order valence-corrected chi connectivity index (χ1v) is 6.12. The molecule has 1 fully saturated rings. The molecule has 100 valence electrons. The lowest BCUT2D eigenvalue weighted by Crippen LogP contribution is -2.40. The van der Waals surface area contributed by atoms with E-state index in [0.29, 0.717) is 24.7 Å². The van der Waals surface area contributed by atoms with Gasteiger partial charge >= 0.3 is 0 Å². The summed E-state index contributed by atoms with van der Waals surface area (Å²) >= 11 is 0. The van der Waals surface area contributed by atoms with Crippen molar-refractivity contribution in [1.82, 2.24) is 4.90 Å². The van der Waals surface area contributed by atoms with Gasteiger partial charge in [0, 0.05) is 13.1 Å². The first-order valence-electron chi connectivity index (χ1n) is 6.12. The van der Waals surface area contributed by atoms with Gasteiger partial charge in [0.1, 0.15) is 5.75 Å². The maximum Gasteiger partial charge on any atom is 0.142 e. The molecular weight excluding hydrogens is 232 g/mol. The zero-order chi connectivity index (χ0) is 13.0. The molecular formula is C13H20N2O3. The summed E-state index contributed by atoms with van der Waals surface area (Å²) in [5, 5.41) is 9.61. The van der Waals surface area contributed by atoms with Crippen molar-refractivity contribution in [1.29, 1.82) is 0 Å². The van der Waals surface area contributed by atoms with Crippen molar-refractivity contribution in [2.75, 3.05) is 45.8 Å². The van der Waals surface area contributed by atoms with Crippen molar-refractivity contribution in [2.45, 2.75) is 6.04 Å². The van der Waals surface area contributed by atoms with Crippen LogP contribution in [0.4, 0.5) is 5.69 Å². The Hall–Kier alpha value is -1.30. The average molecular weight is 252 g/mol. The third-order valence-corrected chi connectivity index (χ3v) is 3.30. The molecule has 5 heteroatoms. The molecule has 3 N–H and O–H groups in total. The van der Waals surface area contributed by atoms with E-state index in [9.17, 15) is 5.11 Å². The fraction of sp³-hybridized carbons (Fsp3) is 0.538. The van der Waals surface area contributed by atoms with Crippen molar-refractivity contribution >= 4 is 5.69 Å². The van der Waals surface area contributed by atoms with Gasteiger partial charge in [-0.2, -0.15) is 0 Å². The summed E-state index contributed by atoms with van der Waals surface area (Å²) in [7, 11) is 1.60. The molecule has 0 spiro atoms.